The van der Waals surface area contributed by atoms with E-state index >= 15 is 0 Å². The molecule has 10 radical (unpaired) electrons. The summed E-state index contributed by atoms with van der Waals surface area (Å²) in [5.41, 5.74) is 10.4. The Kier molecular flexibility index (Phi) is 21.0. The Hall–Kier alpha value is 2.30. The smallest absolute Gasteiger partial charge is 0.0618 e. The summed E-state index contributed by atoms with van der Waals surface area (Å²) >= 11 is 0. The minimum Gasteiger partial charge on any atom is -0.381 e. The Morgan fingerprint density at radius 1 is 0.392 bits per heavy atom. The van der Waals surface area contributed by atoms with Crippen molar-refractivity contribution in [3.8, 4) is 0 Å². The van der Waals surface area contributed by atoms with Crippen LogP contribution in [0.5, 0.6) is 0 Å². The molecule has 5 fully saturated rings. The van der Waals surface area contributed by atoms with E-state index in [1.165, 1.54) is 38.5 Å². The molecule has 2 aliphatic carbocycles. The molecule has 3 saturated heterocycles. The van der Waals surface area contributed by atoms with Crippen LogP contribution in [-0.2, 0) is 14.2 Å². The van der Waals surface area contributed by atoms with Gasteiger partial charge in [-0.1, -0.05) is 120 Å². The van der Waals surface area contributed by atoms with Crippen molar-refractivity contribution in [3.63, 3.8) is 0 Å². The molecule has 3 heterocycles. The molecule has 5 rings (SSSR count). The van der Waals surface area contributed by atoms with E-state index in [2.05, 4.69) is 146 Å². The summed E-state index contributed by atoms with van der Waals surface area (Å²) in [7, 11) is -8.03. The predicted octanol–water partition coefficient (Wildman–Crippen LogP) is 12.3. The molecule has 2 saturated carbocycles. The molecule has 0 aromatic carbocycles. The third-order valence-corrected chi connectivity index (χ3v) is 31.5. The second-order valence-electron chi connectivity index (χ2n) is 21.0. The SMILES string of the molecule is C1CCOC1.C1CCOC1.C1CCOC1.CC(C)(C)[Si](C)(C)[C]1[CH][C]([Si](C)(C)C)[C]([Si](C)(C)[C]2[CH][C]([Si](C)(C)C(C)(C)C)[CH][C]2[Si](C)(C)C)[CH]1.[Sm]. The molecule has 0 bridgehead atoms. The summed E-state index contributed by atoms with van der Waals surface area (Å²) in [6.45, 7) is 51.9. The fourth-order valence-electron chi connectivity index (χ4n) is 6.56. The minimum absolute atomic E-state index is 0. The fourth-order valence-corrected chi connectivity index (χ4v) is 20.8. The zero-order valence-electron chi connectivity index (χ0n) is 36.9. The van der Waals surface area contributed by atoms with Crippen LogP contribution >= 0.6 is 0 Å². The molecule has 3 nitrogen and oxygen atoms in total. The van der Waals surface area contributed by atoms with Crippen molar-refractivity contribution in [3.05, 3.63) is 58.9 Å². The van der Waals surface area contributed by atoms with E-state index in [9.17, 15) is 0 Å². The van der Waals surface area contributed by atoms with Crippen molar-refractivity contribution in [1.29, 1.82) is 0 Å². The predicted molar refractivity (Wildman–Crippen MR) is 235 cm³/mol. The van der Waals surface area contributed by atoms with Crippen LogP contribution in [-0.4, -0.2) is 80.0 Å². The van der Waals surface area contributed by atoms with Crippen molar-refractivity contribution in [1.82, 2.24) is 0 Å². The summed E-state index contributed by atoms with van der Waals surface area (Å²) < 4.78 is 14.8. The monoisotopic (exact) mass is 926 g/mol. The quantitative estimate of drug-likeness (QED) is 0.249. The Labute approximate surface area is 359 Å². The second kappa shape index (κ2) is 20.8. The minimum atomic E-state index is -1.88. The van der Waals surface area contributed by atoms with Gasteiger partial charge >= 0.3 is 0 Å². The summed E-state index contributed by atoms with van der Waals surface area (Å²) in [5.74, 6) is 0. The van der Waals surface area contributed by atoms with Gasteiger partial charge in [-0.05, 0) is 108 Å². The van der Waals surface area contributed by atoms with Crippen molar-refractivity contribution >= 4 is 40.4 Å². The van der Waals surface area contributed by atoms with E-state index in [0.29, 0.717) is 10.1 Å². The van der Waals surface area contributed by atoms with Gasteiger partial charge in [0.15, 0.2) is 0 Å². The maximum absolute atomic E-state index is 4.94. The standard InChI is InChI=1S/C30H58Si5.3C4H8O.Sm/c1-29(2,3)34(15,16)23-19-25(31(7,8)9)27(21-23)33(13,14)28-22-24(20-26(28)32(10,11)12)35(17,18)30(4,5)6;3*1-2-4-5-3-1;/h19-22H,1-18H3;3*1-4H2;. The summed E-state index contributed by atoms with van der Waals surface area (Å²) in [6.07, 6.45) is 18.6. The van der Waals surface area contributed by atoms with Crippen LogP contribution in [0.2, 0.25) is 88.6 Å². The Bertz CT molecular complexity index is 872. The van der Waals surface area contributed by atoms with Gasteiger partial charge in [0.25, 0.3) is 0 Å². The molecule has 3 aliphatic heterocycles. The van der Waals surface area contributed by atoms with Crippen molar-refractivity contribution < 1.29 is 54.6 Å². The van der Waals surface area contributed by atoms with Gasteiger partial charge in [-0.25, -0.2) is 0 Å². The van der Waals surface area contributed by atoms with Gasteiger partial charge in [-0.15, -0.1) is 0 Å². The molecule has 0 amide bonds. The summed E-state index contributed by atoms with van der Waals surface area (Å²) in [5, 5.41) is 0.723. The fraction of sp³-hybridized carbons (Fsp3) is 0.762. The average Bonchev–Trinajstić information content (AvgIpc) is 3.84. The summed E-state index contributed by atoms with van der Waals surface area (Å²) in [4.78, 5) is 0. The van der Waals surface area contributed by atoms with Crippen molar-refractivity contribution in [2.75, 3.05) is 39.6 Å². The van der Waals surface area contributed by atoms with Gasteiger partial charge in [-0.3, -0.25) is 0 Å². The van der Waals surface area contributed by atoms with Crippen LogP contribution in [0.25, 0.3) is 0 Å². The maximum Gasteiger partial charge on any atom is 0.0618 e. The van der Waals surface area contributed by atoms with Crippen molar-refractivity contribution in [2.24, 2.45) is 0 Å². The van der Waals surface area contributed by atoms with E-state index in [4.69, 9.17) is 14.2 Å². The van der Waals surface area contributed by atoms with Gasteiger partial charge in [0.05, 0.1) is 40.4 Å². The normalized spacial score (nSPS) is 22.9. The molecule has 294 valence electrons. The van der Waals surface area contributed by atoms with Crippen LogP contribution in [0.1, 0.15) is 80.1 Å². The molecule has 9 heteroatoms. The molecule has 0 aromatic rings. The van der Waals surface area contributed by atoms with E-state index in [1.54, 1.807) is 33.2 Å². The van der Waals surface area contributed by atoms with Gasteiger partial charge in [0.1, 0.15) is 0 Å². The first-order chi connectivity index (χ1) is 22.7. The molecule has 0 N–H and O–H groups in total. The average molecular weight is 926 g/mol. The van der Waals surface area contributed by atoms with Crippen molar-refractivity contribution in [2.45, 2.75) is 169 Å². The number of ether oxygens (including phenoxy) is 3. The van der Waals surface area contributed by atoms with E-state index in [0.717, 1.165) is 39.6 Å². The van der Waals surface area contributed by atoms with E-state index < -0.39 is 40.4 Å². The van der Waals surface area contributed by atoms with Gasteiger partial charge in [0.2, 0.25) is 0 Å². The number of hydrogen-bond acceptors (Lipinski definition) is 3. The van der Waals surface area contributed by atoms with Gasteiger partial charge in [-0.2, -0.15) is 0 Å². The molecule has 51 heavy (non-hydrogen) atoms. The Morgan fingerprint density at radius 2 is 0.608 bits per heavy atom. The Morgan fingerprint density at radius 3 is 0.765 bits per heavy atom. The molecule has 5 aliphatic rings. The zero-order chi connectivity index (χ0) is 38.4. The molecule has 0 spiro atoms. The largest absolute Gasteiger partial charge is 0.381 e. The molecule has 0 aromatic heterocycles. The second-order valence-corrected chi connectivity index (χ2v) is 46.0. The molecular weight excluding hydrogens is 843 g/mol. The van der Waals surface area contributed by atoms with Crippen LogP contribution in [0.15, 0.2) is 0 Å². The van der Waals surface area contributed by atoms with Crippen LogP contribution in [0.4, 0.5) is 0 Å². The topological polar surface area (TPSA) is 27.7 Å². The first kappa shape index (κ1) is 51.3. The van der Waals surface area contributed by atoms with Gasteiger partial charge in [0, 0.05) is 80.0 Å². The van der Waals surface area contributed by atoms with Crippen LogP contribution in [0, 0.1) is 99.3 Å². The van der Waals surface area contributed by atoms with Crippen LogP contribution in [0.3, 0.4) is 0 Å². The zero-order valence-corrected chi connectivity index (χ0v) is 44.5. The molecular formula is C42H82O3Si5Sm. The number of hydrogen-bond donors (Lipinski definition) is 0. The van der Waals surface area contributed by atoms with Gasteiger partial charge < -0.3 is 14.2 Å². The third kappa shape index (κ3) is 14.6. The van der Waals surface area contributed by atoms with E-state index in [-0.39, 0.29) is 40.4 Å². The summed E-state index contributed by atoms with van der Waals surface area (Å²) in [6, 6.07) is 0. The molecule has 0 atom stereocenters. The first-order valence-electron chi connectivity index (χ1n) is 20.0. The Balaban J connectivity index is 0.000000657. The first-order valence-corrected chi connectivity index (χ1v) is 36.0. The van der Waals surface area contributed by atoms with E-state index in [1.807, 2.05) is 0 Å². The number of rotatable bonds is 6. The van der Waals surface area contributed by atoms with Crippen LogP contribution < -0.4 is 0 Å². The third-order valence-electron chi connectivity index (χ3n) is 12.4. The maximum atomic E-state index is 4.94. The molecule has 0 unspecified atom stereocenters.